The van der Waals surface area contributed by atoms with Gasteiger partial charge in [-0.1, -0.05) is 0 Å². The second-order valence-corrected chi connectivity index (χ2v) is 4.00. The molecule has 0 radical (unpaired) electrons. The van der Waals surface area contributed by atoms with Gasteiger partial charge in [0.05, 0.1) is 0 Å². The number of hydrogen-bond donors (Lipinski definition) is 2. The molecule has 1 aromatic heterocycles. The van der Waals surface area contributed by atoms with Gasteiger partial charge >= 0.3 is 0 Å². The van der Waals surface area contributed by atoms with Crippen molar-refractivity contribution in [3.63, 3.8) is 0 Å². The zero-order chi connectivity index (χ0) is 12.8. The summed E-state index contributed by atoms with van der Waals surface area (Å²) in [6, 6.07) is 0.298. The summed E-state index contributed by atoms with van der Waals surface area (Å²) in [7, 11) is 1.81. The lowest BCUT2D eigenvalue weighted by Gasteiger charge is -2.20. The van der Waals surface area contributed by atoms with Crippen LogP contribution in [0.5, 0.6) is 0 Å². The van der Waals surface area contributed by atoms with E-state index in [9.17, 15) is 0 Å². The minimum atomic E-state index is 0.298. The highest BCUT2D eigenvalue weighted by molar-refractivity contribution is 5.43. The van der Waals surface area contributed by atoms with Gasteiger partial charge in [-0.2, -0.15) is 15.0 Å². The van der Waals surface area contributed by atoms with E-state index >= 15 is 0 Å². The van der Waals surface area contributed by atoms with E-state index in [0.717, 1.165) is 13.1 Å². The first-order chi connectivity index (χ1) is 8.10. The fourth-order valence-corrected chi connectivity index (χ4v) is 1.45. The molecule has 1 aromatic rings. The zero-order valence-corrected chi connectivity index (χ0v) is 11.3. The summed E-state index contributed by atoms with van der Waals surface area (Å²) in [5.74, 6) is 1.91. The molecule has 0 aliphatic carbocycles. The molecule has 1 rings (SSSR count). The molecule has 0 aromatic carbocycles. The molecule has 2 N–H and O–H groups in total. The fraction of sp³-hybridized carbons (Fsp3) is 0.727. The molecule has 0 unspecified atom stereocenters. The van der Waals surface area contributed by atoms with Crippen LogP contribution in [0, 0.1) is 0 Å². The second kappa shape index (κ2) is 6.22. The first-order valence-electron chi connectivity index (χ1n) is 6.06. The molecule has 17 heavy (non-hydrogen) atoms. The van der Waals surface area contributed by atoms with Crippen LogP contribution in [0.25, 0.3) is 0 Å². The summed E-state index contributed by atoms with van der Waals surface area (Å²) in [4.78, 5) is 15.1. The SMILES string of the molecule is CCN(CC)c1nc(NC)nc(NC(C)C)n1. The number of nitrogens with one attached hydrogen (secondary N) is 2. The lowest BCUT2D eigenvalue weighted by atomic mass is 10.4. The summed E-state index contributed by atoms with van der Waals surface area (Å²) in [6.45, 7) is 10.0. The molecule has 6 heteroatoms. The first-order valence-corrected chi connectivity index (χ1v) is 6.06. The predicted octanol–water partition coefficient (Wildman–Crippen LogP) is 1.58. The number of nitrogens with zero attached hydrogens (tertiary/aromatic N) is 4. The second-order valence-electron chi connectivity index (χ2n) is 4.00. The molecule has 0 aliphatic rings. The summed E-state index contributed by atoms with van der Waals surface area (Å²) in [5, 5.41) is 6.15. The minimum Gasteiger partial charge on any atom is -0.357 e. The van der Waals surface area contributed by atoms with Crippen molar-refractivity contribution in [3.8, 4) is 0 Å². The predicted molar refractivity (Wildman–Crippen MR) is 71.7 cm³/mol. The molecule has 6 nitrogen and oxygen atoms in total. The molecule has 0 amide bonds. The van der Waals surface area contributed by atoms with Crippen molar-refractivity contribution in [1.29, 1.82) is 0 Å². The van der Waals surface area contributed by atoms with Crippen LogP contribution in [0.1, 0.15) is 27.7 Å². The Balaban J connectivity index is 3.03. The highest BCUT2D eigenvalue weighted by Gasteiger charge is 2.10. The number of aromatic nitrogens is 3. The Morgan fingerprint density at radius 1 is 1.06 bits per heavy atom. The van der Waals surface area contributed by atoms with Gasteiger partial charge in [0.25, 0.3) is 0 Å². The van der Waals surface area contributed by atoms with E-state index in [-0.39, 0.29) is 0 Å². The third-order valence-electron chi connectivity index (χ3n) is 2.31. The van der Waals surface area contributed by atoms with Crippen molar-refractivity contribution >= 4 is 17.8 Å². The largest absolute Gasteiger partial charge is 0.357 e. The molecule has 0 fully saturated rings. The van der Waals surface area contributed by atoms with Crippen molar-refractivity contribution < 1.29 is 0 Å². The average Bonchev–Trinajstić information content (AvgIpc) is 2.29. The smallest absolute Gasteiger partial charge is 0.231 e. The van der Waals surface area contributed by atoms with Crippen LogP contribution in [0.2, 0.25) is 0 Å². The number of anilines is 3. The van der Waals surface area contributed by atoms with Crippen molar-refractivity contribution in [2.24, 2.45) is 0 Å². The first kappa shape index (κ1) is 13.5. The zero-order valence-electron chi connectivity index (χ0n) is 11.3. The van der Waals surface area contributed by atoms with E-state index in [4.69, 9.17) is 0 Å². The van der Waals surface area contributed by atoms with Crippen LogP contribution >= 0.6 is 0 Å². The Bertz CT molecular complexity index is 348. The molecular weight excluding hydrogens is 216 g/mol. The highest BCUT2D eigenvalue weighted by atomic mass is 15.3. The summed E-state index contributed by atoms with van der Waals surface area (Å²) in [5.41, 5.74) is 0. The van der Waals surface area contributed by atoms with Crippen LogP contribution in [0.3, 0.4) is 0 Å². The Morgan fingerprint density at radius 2 is 1.65 bits per heavy atom. The third kappa shape index (κ3) is 3.72. The molecule has 0 saturated heterocycles. The maximum absolute atomic E-state index is 4.42. The van der Waals surface area contributed by atoms with Crippen LogP contribution in [0.15, 0.2) is 0 Å². The number of rotatable bonds is 6. The standard InChI is InChI=1S/C11H22N6/c1-6-17(7-2)11-15-9(12-5)14-10(16-11)13-8(3)4/h8H,6-7H2,1-5H3,(H2,12,13,14,15,16). The van der Waals surface area contributed by atoms with Gasteiger partial charge in [0.1, 0.15) is 0 Å². The quantitative estimate of drug-likeness (QED) is 0.784. The van der Waals surface area contributed by atoms with Crippen LogP contribution in [0.4, 0.5) is 17.8 Å². The molecule has 0 spiro atoms. The maximum atomic E-state index is 4.42. The monoisotopic (exact) mass is 238 g/mol. The lowest BCUT2D eigenvalue weighted by Crippen LogP contribution is -2.26. The van der Waals surface area contributed by atoms with E-state index in [1.54, 1.807) is 7.05 Å². The average molecular weight is 238 g/mol. The molecular formula is C11H22N6. The van der Waals surface area contributed by atoms with Gasteiger partial charge in [0, 0.05) is 26.2 Å². The summed E-state index contributed by atoms with van der Waals surface area (Å²) < 4.78 is 0. The van der Waals surface area contributed by atoms with Gasteiger partial charge in [0.15, 0.2) is 0 Å². The van der Waals surface area contributed by atoms with Gasteiger partial charge in [-0.15, -0.1) is 0 Å². The Hall–Kier alpha value is -1.59. The summed E-state index contributed by atoms with van der Waals surface area (Å²) in [6.07, 6.45) is 0. The minimum absolute atomic E-state index is 0.298. The molecule has 0 aliphatic heterocycles. The van der Waals surface area contributed by atoms with E-state index < -0.39 is 0 Å². The fourth-order valence-electron chi connectivity index (χ4n) is 1.45. The Kier molecular flexibility index (Phi) is 4.93. The molecule has 0 atom stereocenters. The normalized spacial score (nSPS) is 10.5. The Morgan fingerprint density at radius 3 is 2.12 bits per heavy atom. The van der Waals surface area contributed by atoms with Gasteiger partial charge in [0.2, 0.25) is 17.8 Å². The van der Waals surface area contributed by atoms with Gasteiger partial charge < -0.3 is 15.5 Å². The van der Waals surface area contributed by atoms with E-state index in [2.05, 4.69) is 58.2 Å². The molecule has 0 saturated carbocycles. The van der Waals surface area contributed by atoms with E-state index in [0.29, 0.717) is 23.9 Å². The number of hydrogen-bond acceptors (Lipinski definition) is 6. The molecule has 1 heterocycles. The summed E-state index contributed by atoms with van der Waals surface area (Å²) >= 11 is 0. The van der Waals surface area contributed by atoms with Crippen molar-refractivity contribution in [3.05, 3.63) is 0 Å². The van der Waals surface area contributed by atoms with Crippen LogP contribution in [-0.2, 0) is 0 Å². The molecule has 96 valence electrons. The topological polar surface area (TPSA) is 66.0 Å². The lowest BCUT2D eigenvalue weighted by molar-refractivity contribution is 0.804. The van der Waals surface area contributed by atoms with Crippen LogP contribution < -0.4 is 15.5 Å². The third-order valence-corrected chi connectivity index (χ3v) is 2.31. The van der Waals surface area contributed by atoms with Crippen LogP contribution in [-0.4, -0.2) is 41.1 Å². The van der Waals surface area contributed by atoms with E-state index in [1.165, 1.54) is 0 Å². The molecule has 0 bridgehead atoms. The highest BCUT2D eigenvalue weighted by Crippen LogP contribution is 2.13. The maximum Gasteiger partial charge on any atom is 0.231 e. The van der Waals surface area contributed by atoms with Gasteiger partial charge in [-0.05, 0) is 27.7 Å². The van der Waals surface area contributed by atoms with Crippen molar-refractivity contribution in [2.45, 2.75) is 33.7 Å². The Labute approximate surface area is 103 Å². The van der Waals surface area contributed by atoms with Crippen molar-refractivity contribution in [1.82, 2.24) is 15.0 Å². The van der Waals surface area contributed by atoms with Gasteiger partial charge in [-0.3, -0.25) is 0 Å². The van der Waals surface area contributed by atoms with E-state index in [1.807, 2.05) is 0 Å². The van der Waals surface area contributed by atoms with Crippen molar-refractivity contribution in [2.75, 3.05) is 35.7 Å². The van der Waals surface area contributed by atoms with Gasteiger partial charge in [-0.25, -0.2) is 0 Å².